The third-order valence-electron chi connectivity index (χ3n) is 4.62. The predicted molar refractivity (Wildman–Crippen MR) is 130 cm³/mol. The number of ether oxygens (including phenoxy) is 2. The number of aromatic nitrogens is 1. The van der Waals surface area contributed by atoms with Crippen LogP contribution in [0.25, 0.3) is 21.0 Å². The highest BCUT2D eigenvalue weighted by molar-refractivity contribution is 7.14. The fourth-order valence-corrected chi connectivity index (χ4v) is 4.60. The van der Waals surface area contributed by atoms with Crippen molar-refractivity contribution < 1.29 is 14.3 Å². The highest BCUT2D eigenvalue weighted by Gasteiger charge is 2.27. The zero-order valence-electron chi connectivity index (χ0n) is 17.1. The number of benzene rings is 1. The lowest BCUT2D eigenvalue weighted by Gasteiger charge is -2.20. The van der Waals surface area contributed by atoms with Crippen LogP contribution >= 0.6 is 22.7 Å². The van der Waals surface area contributed by atoms with Crippen LogP contribution in [0.2, 0.25) is 0 Å². The van der Waals surface area contributed by atoms with Gasteiger partial charge in [0.25, 0.3) is 0 Å². The summed E-state index contributed by atoms with van der Waals surface area (Å²) in [6.45, 7) is 3.67. The lowest BCUT2D eigenvalue weighted by molar-refractivity contribution is -0.151. The maximum Gasteiger partial charge on any atom is 0.352 e. The predicted octanol–water partition coefficient (Wildman–Crippen LogP) is 6.39. The number of nitrogens with zero attached hydrogens (tertiary/aromatic N) is 1. The fraction of sp³-hybridized carbons (Fsp3) is 0.0800. The van der Waals surface area contributed by atoms with E-state index in [9.17, 15) is 4.79 Å². The Labute approximate surface area is 194 Å². The van der Waals surface area contributed by atoms with E-state index >= 15 is 0 Å². The van der Waals surface area contributed by atoms with Crippen molar-refractivity contribution in [3.05, 3.63) is 95.2 Å². The van der Waals surface area contributed by atoms with Crippen LogP contribution in [0.3, 0.4) is 0 Å². The lowest BCUT2D eigenvalue weighted by atomic mass is 10.1. The third-order valence-corrected chi connectivity index (χ3v) is 6.41. The minimum atomic E-state index is -1.03. The Morgan fingerprint density at radius 2 is 1.78 bits per heavy atom. The monoisotopic (exact) mass is 460 g/mol. The number of hydrogen-bond donors (Lipinski definition) is 1. The quantitative estimate of drug-likeness (QED) is 0.179. The first-order chi connectivity index (χ1) is 15.7. The number of esters is 1. The minimum Gasteiger partial charge on any atom is -0.458 e. The summed E-state index contributed by atoms with van der Waals surface area (Å²) in [7, 11) is 0. The molecule has 0 saturated heterocycles. The van der Waals surface area contributed by atoms with Crippen molar-refractivity contribution in [3.8, 4) is 26.9 Å². The highest BCUT2D eigenvalue weighted by Crippen LogP contribution is 2.37. The van der Waals surface area contributed by atoms with Gasteiger partial charge in [-0.05, 0) is 29.0 Å². The molecule has 3 heterocycles. The molecule has 4 rings (SSSR count). The molecule has 5 nitrogen and oxygen atoms in total. The Balaban J connectivity index is 1.83. The van der Waals surface area contributed by atoms with E-state index in [1.54, 1.807) is 34.8 Å². The summed E-state index contributed by atoms with van der Waals surface area (Å²) in [6, 6.07) is 19.0. The Morgan fingerprint density at radius 1 is 1.06 bits per heavy atom. The zero-order chi connectivity index (χ0) is 22.3. The van der Waals surface area contributed by atoms with Gasteiger partial charge in [0.1, 0.15) is 6.61 Å². The molecule has 1 aromatic carbocycles. The van der Waals surface area contributed by atoms with Crippen LogP contribution in [0, 0.1) is 5.41 Å². The van der Waals surface area contributed by atoms with Gasteiger partial charge in [-0.1, -0.05) is 55.1 Å². The van der Waals surface area contributed by atoms with Crippen molar-refractivity contribution in [2.45, 2.75) is 6.10 Å². The van der Waals surface area contributed by atoms with Gasteiger partial charge in [-0.2, -0.15) is 0 Å². The molecule has 3 aromatic heterocycles. The van der Waals surface area contributed by atoms with E-state index in [1.807, 2.05) is 59.3 Å². The average Bonchev–Trinajstić information content (AvgIpc) is 3.55. The number of hydrogen-bond acceptors (Lipinski definition) is 7. The normalized spacial score (nSPS) is 11.5. The molecular weight excluding hydrogens is 440 g/mol. The molecule has 1 unspecified atom stereocenters. The van der Waals surface area contributed by atoms with Gasteiger partial charge in [-0.25, -0.2) is 9.78 Å². The molecule has 0 saturated carbocycles. The third kappa shape index (κ3) is 4.69. The molecule has 0 bridgehead atoms. The molecular formula is C25H20N2O3S2. The van der Waals surface area contributed by atoms with E-state index < -0.39 is 12.1 Å². The SMILES string of the molecule is C=CCOC(=O)C(Oc1nc(-c2cccs2)cc(-c2cccs2)c1C=N)c1ccccc1. The molecule has 1 atom stereocenters. The fourth-order valence-electron chi connectivity index (χ4n) is 3.16. The van der Waals surface area contributed by atoms with E-state index in [0.717, 1.165) is 21.0 Å². The topological polar surface area (TPSA) is 72.3 Å². The van der Waals surface area contributed by atoms with Crippen molar-refractivity contribution in [2.75, 3.05) is 6.61 Å². The van der Waals surface area contributed by atoms with Gasteiger partial charge in [0, 0.05) is 22.2 Å². The number of pyridine rings is 1. The first kappa shape index (κ1) is 21.7. The molecule has 7 heteroatoms. The summed E-state index contributed by atoms with van der Waals surface area (Å²) >= 11 is 3.13. The van der Waals surface area contributed by atoms with Crippen LogP contribution in [0.15, 0.2) is 84.1 Å². The molecule has 0 aliphatic heterocycles. The van der Waals surface area contributed by atoms with E-state index in [0.29, 0.717) is 11.1 Å². The van der Waals surface area contributed by atoms with E-state index in [2.05, 4.69) is 6.58 Å². The summed E-state index contributed by atoms with van der Waals surface area (Å²) < 4.78 is 11.5. The molecule has 0 aliphatic carbocycles. The molecule has 32 heavy (non-hydrogen) atoms. The van der Waals surface area contributed by atoms with Crippen molar-refractivity contribution in [2.24, 2.45) is 0 Å². The molecule has 160 valence electrons. The van der Waals surface area contributed by atoms with Gasteiger partial charge < -0.3 is 14.9 Å². The molecule has 0 radical (unpaired) electrons. The molecule has 4 aromatic rings. The zero-order valence-corrected chi connectivity index (χ0v) is 18.7. The number of rotatable bonds is 9. The molecule has 1 N–H and O–H groups in total. The summed E-state index contributed by atoms with van der Waals surface area (Å²) in [5.74, 6) is -0.341. The van der Waals surface area contributed by atoms with Crippen molar-refractivity contribution in [1.82, 2.24) is 4.98 Å². The molecule has 0 amide bonds. The Morgan fingerprint density at radius 3 is 2.41 bits per heavy atom. The van der Waals surface area contributed by atoms with E-state index in [4.69, 9.17) is 19.9 Å². The number of thiophene rings is 2. The van der Waals surface area contributed by atoms with Gasteiger partial charge in [-0.15, -0.1) is 22.7 Å². The van der Waals surface area contributed by atoms with Crippen LogP contribution in [0.5, 0.6) is 5.88 Å². The molecule has 0 aliphatic rings. The van der Waals surface area contributed by atoms with Gasteiger partial charge in [0.05, 0.1) is 16.1 Å². The van der Waals surface area contributed by atoms with Crippen LogP contribution in [-0.2, 0) is 9.53 Å². The van der Waals surface area contributed by atoms with Crippen molar-refractivity contribution in [1.29, 1.82) is 5.41 Å². The minimum absolute atomic E-state index is 0.0755. The lowest BCUT2D eigenvalue weighted by Crippen LogP contribution is -2.22. The highest BCUT2D eigenvalue weighted by atomic mass is 32.1. The summed E-state index contributed by atoms with van der Waals surface area (Å²) in [5, 5.41) is 12.0. The van der Waals surface area contributed by atoms with Crippen LogP contribution < -0.4 is 4.74 Å². The van der Waals surface area contributed by atoms with E-state index in [1.165, 1.54) is 12.3 Å². The van der Waals surface area contributed by atoms with Crippen LogP contribution in [0.1, 0.15) is 17.2 Å². The van der Waals surface area contributed by atoms with Crippen LogP contribution in [0.4, 0.5) is 0 Å². The first-order valence-corrected chi connectivity index (χ1v) is 11.6. The van der Waals surface area contributed by atoms with Crippen molar-refractivity contribution in [3.63, 3.8) is 0 Å². The standard InChI is InChI=1S/C25H20N2O3S2/c1-2-12-29-25(28)23(17-8-4-3-5-9-17)30-24-19(16-26)18(21-10-6-13-31-21)15-20(27-24)22-11-7-14-32-22/h2-11,13-16,23,26H,1,12H2. The van der Waals surface area contributed by atoms with Crippen LogP contribution in [-0.4, -0.2) is 23.8 Å². The average molecular weight is 461 g/mol. The maximum atomic E-state index is 12.9. The van der Waals surface area contributed by atoms with Crippen molar-refractivity contribution >= 4 is 34.9 Å². The Kier molecular flexibility index (Phi) is 6.89. The first-order valence-electron chi connectivity index (χ1n) is 9.83. The Bertz CT molecular complexity index is 1200. The van der Waals surface area contributed by atoms with E-state index in [-0.39, 0.29) is 12.5 Å². The van der Waals surface area contributed by atoms with Gasteiger partial charge in [-0.3, -0.25) is 0 Å². The molecule has 0 spiro atoms. The molecule has 0 fully saturated rings. The maximum absolute atomic E-state index is 12.9. The second-order valence-corrected chi connectivity index (χ2v) is 8.60. The Hall–Kier alpha value is -3.55. The summed E-state index contributed by atoms with van der Waals surface area (Å²) in [5.41, 5.74) is 2.69. The number of nitrogens with one attached hydrogen (secondary N) is 1. The summed E-state index contributed by atoms with van der Waals surface area (Å²) in [4.78, 5) is 19.5. The van der Waals surface area contributed by atoms with Gasteiger partial charge in [0.15, 0.2) is 0 Å². The largest absolute Gasteiger partial charge is 0.458 e. The number of carbonyl (C=O) groups is 1. The smallest absolute Gasteiger partial charge is 0.352 e. The summed E-state index contributed by atoms with van der Waals surface area (Å²) in [6.07, 6.45) is 1.69. The second kappa shape index (κ2) is 10.2. The second-order valence-electron chi connectivity index (χ2n) is 6.70. The number of carbonyl (C=O) groups excluding carboxylic acids is 1. The van der Waals surface area contributed by atoms with Gasteiger partial charge in [0.2, 0.25) is 12.0 Å². The van der Waals surface area contributed by atoms with Gasteiger partial charge >= 0.3 is 5.97 Å².